The molecule has 4 heteroatoms. The second kappa shape index (κ2) is 8.30. The second-order valence-electron chi connectivity index (χ2n) is 10.9. The predicted molar refractivity (Wildman–Crippen MR) is 141 cm³/mol. The molecule has 1 aromatic heterocycles. The third-order valence-corrected chi connectivity index (χ3v) is 8.41. The Kier molecular flexibility index (Phi) is 5.21. The molecule has 2 heterocycles. The molecule has 0 radical (unpaired) electrons. The molecule has 1 saturated heterocycles. The van der Waals surface area contributed by atoms with Crippen LogP contribution >= 0.6 is 0 Å². The molecule has 1 aliphatic carbocycles. The number of nitrogens with zero attached hydrogens (tertiary/aromatic N) is 3. The van der Waals surface area contributed by atoms with Gasteiger partial charge in [0.05, 0.1) is 22.4 Å². The van der Waals surface area contributed by atoms with Crippen LogP contribution < -0.4 is 0 Å². The van der Waals surface area contributed by atoms with Gasteiger partial charge in [0, 0.05) is 29.3 Å². The fourth-order valence-electron chi connectivity index (χ4n) is 6.14. The summed E-state index contributed by atoms with van der Waals surface area (Å²) < 4.78 is 0. The van der Waals surface area contributed by atoms with Crippen LogP contribution in [0.4, 0.5) is 0 Å². The third kappa shape index (κ3) is 3.81. The van der Waals surface area contributed by atoms with Crippen LogP contribution in [0.25, 0.3) is 33.5 Å². The summed E-state index contributed by atoms with van der Waals surface area (Å²) in [6, 6.07) is 26.5. The van der Waals surface area contributed by atoms with Gasteiger partial charge >= 0.3 is 0 Å². The summed E-state index contributed by atoms with van der Waals surface area (Å²) in [4.78, 5) is 25.9. The summed E-state index contributed by atoms with van der Waals surface area (Å²) in [5, 5.41) is 0. The lowest BCUT2D eigenvalue weighted by molar-refractivity contribution is 0.0677. The summed E-state index contributed by atoms with van der Waals surface area (Å²) in [5.41, 5.74) is 6.27. The normalized spacial score (nSPS) is 22.9. The Morgan fingerprint density at radius 1 is 0.857 bits per heavy atom. The zero-order chi connectivity index (χ0) is 24.2. The van der Waals surface area contributed by atoms with Gasteiger partial charge in [0.1, 0.15) is 0 Å². The zero-order valence-corrected chi connectivity index (χ0v) is 20.6. The molecule has 176 valence electrons. The SMILES string of the molecule is CC1C2CC(CC1(C)C)N(C(=O)c1ccc3nc(-c4ccccc4)c(-c4ccccc4)nc3c1)C2. The molecule has 3 aromatic carbocycles. The van der Waals surface area contributed by atoms with Gasteiger partial charge in [-0.1, -0.05) is 81.4 Å². The number of benzene rings is 3. The number of hydrogen-bond acceptors (Lipinski definition) is 3. The van der Waals surface area contributed by atoms with Gasteiger partial charge in [-0.25, -0.2) is 9.97 Å². The van der Waals surface area contributed by atoms with Crippen molar-refractivity contribution in [1.82, 2.24) is 14.9 Å². The number of rotatable bonds is 3. The number of carbonyl (C=O) groups is 1. The molecule has 4 aromatic rings. The first-order valence-electron chi connectivity index (χ1n) is 12.6. The summed E-state index contributed by atoms with van der Waals surface area (Å²) in [5.74, 6) is 1.34. The summed E-state index contributed by atoms with van der Waals surface area (Å²) in [6.45, 7) is 7.92. The third-order valence-electron chi connectivity index (χ3n) is 8.41. The fraction of sp³-hybridized carbons (Fsp3) is 0.323. The quantitative estimate of drug-likeness (QED) is 0.335. The van der Waals surface area contributed by atoms with E-state index in [0.29, 0.717) is 23.4 Å². The molecule has 2 aliphatic rings. The highest BCUT2D eigenvalue weighted by Crippen LogP contribution is 2.49. The van der Waals surface area contributed by atoms with Crippen LogP contribution in [0.15, 0.2) is 78.9 Å². The van der Waals surface area contributed by atoms with Gasteiger partial charge in [-0.3, -0.25) is 4.79 Å². The number of carbonyl (C=O) groups excluding carboxylic acids is 1. The Labute approximate surface area is 207 Å². The Morgan fingerprint density at radius 3 is 2.09 bits per heavy atom. The predicted octanol–water partition coefficient (Wildman–Crippen LogP) is 6.86. The molecule has 4 nitrogen and oxygen atoms in total. The van der Waals surface area contributed by atoms with Gasteiger partial charge in [-0.2, -0.15) is 0 Å². The topological polar surface area (TPSA) is 46.1 Å². The van der Waals surface area contributed by atoms with Crippen LogP contribution in [0.2, 0.25) is 0 Å². The Morgan fingerprint density at radius 2 is 1.46 bits per heavy atom. The number of amides is 1. The van der Waals surface area contributed by atoms with Crippen molar-refractivity contribution in [2.75, 3.05) is 6.54 Å². The number of fused-ring (bicyclic) bond motifs is 3. The highest BCUT2D eigenvalue weighted by molar-refractivity contribution is 5.98. The monoisotopic (exact) mass is 461 g/mol. The van der Waals surface area contributed by atoms with Gasteiger partial charge in [0.2, 0.25) is 0 Å². The standard InChI is InChI=1S/C31H31N3O/c1-20-24-16-25(18-31(20,2)3)34(19-24)30(35)23-14-15-26-27(17-23)33-29(22-12-8-5-9-13-22)28(32-26)21-10-6-4-7-11-21/h4-15,17,20,24-25H,16,18-19H2,1-3H3. The van der Waals surface area contributed by atoms with Crippen LogP contribution in [0.1, 0.15) is 44.0 Å². The van der Waals surface area contributed by atoms with Gasteiger partial charge in [0.15, 0.2) is 0 Å². The van der Waals surface area contributed by atoms with E-state index in [2.05, 4.69) is 49.9 Å². The molecule has 2 fully saturated rings. The van der Waals surface area contributed by atoms with Gasteiger partial charge in [0.25, 0.3) is 5.91 Å². The van der Waals surface area contributed by atoms with E-state index in [0.717, 1.165) is 52.9 Å². The van der Waals surface area contributed by atoms with Crippen molar-refractivity contribution in [3.05, 3.63) is 84.4 Å². The summed E-state index contributed by atoms with van der Waals surface area (Å²) >= 11 is 0. The molecule has 35 heavy (non-hydrogen) atoms. The first-order chi connectivity index (χ1) is 16.9. The number of likely N-dealkylation sites (tertiary alicyclic amines) is 1. The van der Waals surface area contributed by atoms with Gasteiger partial charge in [-0.05, 0) is 48.3 Å². The Balaban J connectivity index is 1.41. The van der Waals surface area contributed by atoms with E-state index in [4.69, 9.17) is 9.97 Å². The molecule has 3 unspecified atom stereocenters. The van der Waals surface area contributed by atoms with E-state index in [1.165, 1.54) is 0 Å². The van der Waals surface area contributed by atoms with E-state index in [9.17, 15) is 4.79 Å². The minimum absolute atomic E-state index is 0.125. The molecule has 0 spiro atoms. The van der Waals surface area contributed by atoms with Crippen molar-refractivity contribution >= 4 is 16.9 Å². The summed E-state index contributed by atoms with van der Waals surface area (Å²) in [7, 11) is 0. The number of hydrogen-bond donors (Lipinski definition) is 0. The van der Waals surface area contributed by atoms with Crippen molar-refractivity contribution in [3.63, 3.8) is 0 Å². The van der Waals surface area contributed by atoms with Crippen LogP contribution in [-0.2, 0) is 0 Å². The first kappa shape index (κ1) is 22.0. The number of aromatic nitrogens is 2. The largest absolute Gasteiger partial charge is 0.335 e. The van der Waals surface area contributed by atoms with E-state index in [1.807, 2.05) is 54.6 Å². The van der Waals surface area contributed by atoms with Crippen LogP contribution in [0, 0.1) is 17.3 Å². The highest BCUT2D eigenvalue weighted by Gasteiger charge is 2.48. The highest BCUT2D eigenvalue weighted by atomic mass is 16.2. The molecule has 1 saturated carbocycles. The first-order valence-corrected chi connectivity index (χ1v) is 12.6. The van der Waals surface area contributed by atoms with Crippen molar-refractivity contribution in [2.24, 2.45) is 17.3 Å². The van der Waals surface area contributed by atoms with Crippen molar-refractivity contribution in [3.8, 4) is 22.5 Å². The van der Waals surface area contributed by atoms with E-state index < -0.39 is 0 Å². The fourth-order valence-corrected chi connectivity index (χ4v) is 6.14. The van der Waals surface area contributed by atoms with Crippen molar-refractivity contribution in [1.29, 1.82) is 0 Å². The minimum Gasteiger partial charge on any atom is -0.335 e. The van der Waals surface area contributed by atoms with Gasteiger partial charge < -0.3 is 4.90 Å². The average Bonchev–Trinajstić information content (AvgIpc) is 3.26. The minimum atomic E-state index is 0.125. The maximum Gasteiger partial charge on any atom is 0.254 e. The van der Waals surface area contributed by atoms with Crippen LogP contribution in [-0.4, -0.2) is 33.4 Å². The average molecular weight is 462 g/mol. The molecule has 1 aliphatic heterocycles. The molecule has 0 N–H and O–H groups in total. The molecule has 1 amide bonds. The summed E-state index contributed by atoms with van der Waals surface area (Å²) in [6.07, 6.45) is 2.20. The lowest BCUT2D eigenvalue weighted by Gasteiger charge is -2.40. The lowest BCUT2D eigenvalue weighted by Crippen LogP contribution is -2.39. The van der Waals surface area contributed by atoms with Crippen LogP contribution in [0.3, 0.4) is 0 Å². The maximum absolute atomic E-state index is 13.7. The van der Waals surface area contributed by atoms with Crippen molar-refractivity contribution < 1.29 is 4.79 Å². The van der Waals surface area contributed by atoms with Crippen LogP contribution in [0.5, 0.6) is 0 Å². The van der Waals surface area contributed by atoms with Crippen molar-refractivity contribution in [2.45, 2.75) is 39.7 Å². The lowest BCUT2D eigenvalue weighted by atomic mass is 9.65. The second-order valence-corrected chi connectivity index (χ2v) is 10.9. The Hall–Kier alpha value is -3.53. The van der Waals surface area contributed by atoms with E-state index >= 15 is 0 Å². The maximum atomic E-state index is 13.7. The van der Waals surface area contributed by atoms with E-state index in [1.54, 1.807) is 0 Å². The molecular formula is C31H31N3O. The molecule has 3 atom stereocenters. The van der Waals surface area contributed by atoms with Gasteiger partial charge in [-0.15, -0.1) is 0 Å². The molecular weight excluding hydrogens is 430 g/mol. The zero-order valence-electron chi connectivity index (χ0n) is 20.6. The van der Waals surface area contributed by atoms with E-state index in [-0.39, 0.29) is 11.3 Å². The molecule has 2 bridgehead atoms. The Bertz CT molecular complexity index is 1400. The molecule has 6 rings (SSSR count). The smallest absolute Gasteiger partial charge is 0.254 e.